The zero-order chi connectivity index (χ0) is 13.1. The molecule has 1 heterocycles. The molecule has 2 aromatic rings. The second-order valence-electron chi connectivity index (χ2n) is 3.60. The molecule has 0 aliphatic rings. The highest BCUT2D eigenvalue weighted by Gasteiger charge is 2.14. The first-order valence-electron chi connectivity index (χ1n) is 5.23. The number of carbonyl (C=O) groups is 1. The van der Waals surface area contributed by atoms with Crippen LogP contribution in [0.15, 0.2) is 28.8 Å². The maximum Gasteiger partial charge on any atom is 0.339 e. The number of hydrogen-bond donors (Lipinski definition) is 2. The smallest absolute Gasteiger partial charge is 0.339 e. The monoisotopic (exact) mass is 248 g/mol. The minimum atomic E-state index is -1.06. The van der Waals surface area contributed by atoms with Gasteiger partial charge < -0.3 is 20.1 Å². The molecular formula is C12H12N2O4. The van der Waals surface area contributed by atoms with E-state index >= 15 is 0 Å². The van der Waals surface area contributed by atoms with Gasteiger partial charge in [0, 0.05) is 11.6 Å². The molecule has 3 N–H and O–H groups in total. The van der Waals surface area contributed by atoms with Crippen molar-refractivity contribution in [3.63, 3.8) is 0 Å². The van der Waals surface area contributed by atoms with Gasteiger partial charge in [-0.15, -0.1) is 0 Å². The second kappa shape index (κ2) is 4.89. The SMILES string of the molecule is COc1ccc(-c2cc(CN)on2)cc1C(=O)O. The van der Waals surface area contributed by atoms with E-state index in [2.05, 4.69) is 5.16 Å². The van der Waals surface area contributed by atoms with Crippen LogP contribution in [0.1, 0.15) is 16.1 Å². The van der Waals surface area contributed by atoms with Crippen molar-refractivity contribution in [1.29, 1.82) is 0 Å². The van der Waals surface area contributed by atoms with Crippen molar-refractivity contribution >= 4 is 5.97 Å². The Labute approximate surface area is 103 Å². The molecule has 0 bridgehead atoms. The van der Waals surface area contributed by atoms with E-state index in [9.17, 15) is 4.79 Å². The van der Waals surface area contributed by atoms with Gasteiger partial charge in [0.2, 0.25) is 0 Å². The average molecular weight is 248 g/mol. The summed E-state index contributed by atoms with van der Waals surface area (Å²) in [5, 5.41) is 12.9. The maximum absolute atomic E-state index is 11.1. The molecule has 0 spiro atoms. The first-order chi connectivity index (χ1) is 8.65. The highest BCUT2D eigenvalue weighted by molar-refractivity contribution is 5.92. The van der Waals surface area contributed by atoms with E-state index in [0.717, 1.165) is 0 Å². The van der Waals surface area contributed by atoms with Gasteiger partial charge in [-0.1, -0.05) is 5.16 Å². The summed E-state index contributed by atoms with van der Waals surface area (Å²) < 4.78 is 9.95. The Morgan fingerprint density at radius 2 is 2.28 bits per heavy atom. The molecule has 1 aromatic carbocycles. The molecule has 0 saturated heterocycles. The number of nitrogens with two attached hydrogens (primary N) is 1. The summed E-state index contributed by atoms with van der Waals surface area (Å²) in [6.45, 7) is 0.245. The van der Waals surface area contributed by atoms with Gasteiger partial charge in [0.1, 0.15) is 17.0 Å². The van der Waals surface area contributed by atoms with Crippen molar-refractivity contribution in [3.05, 3.63) is 35.6 Å². The lowest BCUT2D eigenvalue weighted by Crippen LogP contribution is -2.00. The van der Waals surface area contributed by atoms with Gasteiger partial charge in [0.15, 0.2) is 5.76 Å². The molecule has 0 saturated carbocycles. The van der Waals surface area contributed by atoms with Crippen molar-refractivity contribution in [2.75, 3.05) is 7.11 Å². The van der Waals surface area contributed by atoms with Gasteiger partial charge in [0.25, 0.3) is 0 Å². The number of aromatic nitrogens is 1. The third kappa shape index (κ3) is 2.18. The summed E-state index contributed by atoms with van der Waals surface area (Å²) in [4.78, 5) is 11.1. The predicted octanol–water partition coefficient (Wildman–Crippen LogP) is 1.51. The van der Waals surface area contributed by atoms with Crippen molar-refractivity contribution in [2.45, 2.75) is 6.54 Å². The molecule has 94 valence electrons. The van der Waals surface area contributed by atoms with E-state index in [0.29, 0.717) is 22.8 Å². The van der Waals surface area contributed by atoms with Gasteiger partial charge in [-0.3, -0.25) is 0 Å². The first kappa shape index (κ1) is 12.1. The molecule has 2 rings (SSSR count). The van der Waals surface area contributed by atoms with Gasteiger partial charge in [0.05, 0.1) is 13.7 Å². The minimum absolute atomic E-state index is 0.0762. The fourth-order valence-corrected chi connectivity index (χ4v) is 1.58. The fraction of sp³-hybridized carbons (Fsp3) is 0.167. The largest absolute Gasteiger partial charge is 0.496 e. The second-order valence-corrected chi connectivity index (χ2v) is 3.60. The first-order valence-corrected chi connectivity index (χ1v) is 5.23. The van der Waals surface area contributed by atoms with E-state index in [-0.39, 0.29) is 12.1 Å². The quantitative estimate of drug-likeness (QED) is 0.850. The zero-order valence-electron chi connectivity index (χ0n) is 9.71. The molecule has 0 radical (unpaired) electrons. The number of ether oxygens (including phenoxy) is 1. The Morgan fingerprint density at radius 1 is 1.50 bits per heavy atom. The zero-order valence-corrected chi connectivity index (χ0v) is 9.71. The summed E-state index contributed by atoms with van der Waals surface area (Å²) in [6.07, 6.45) is 0. The van der Waals surface area contributed by atoms with Crippen LogP contribution in [0, 0.1) is 0 Å². The van der Waals surface area contributed by atoms with E-state index in [1.54, 1.807) is 18.2 Å². The number of methoxy groups -OCH3 is 1. The Balaban J connectivity index is 2.46. The predicted molar refractivity (Wildman–Crippen MR) is 63.3 cm³/mol. The van der Waals surface area contributed by atoms with Crippen LogP contribution in [0.3, 0.4) is 0 Å². The summed E-state index contributed by atoms with van der Waals surface area (Å²) in [5.74, 6) is -0.220. The number of carboxylic acid groups (broad SMARTS) is 1. The number of benzene rings is 1. The van der Waals surface area contributed by atoms with Crippen LogP contribution in [0.2, 0.25) is 0 Å². The van der Waals surface area contributed by atoms with E-state index in [1.165, 1.54) is 13.2 Å². The third-order valence-electron chi connectivity index (χ3n) is 2.49. The van der Waals surface area contributed by atoms with Gasteiger partial charge >= 0.3 is 5.97 Å². The lowest BCUT2D eigenvalue weighted by molar-refractivity contribution is 0.0693. The lowest BCUT2D eigenvalue weighted by atomic mass is 10.1. The highest BCUT2D eigenvalue weighted by Crippen LogP contribution is 2.26. The molecule has 0 fully saturated rings. The molecule has 0 aliphatic carbocycles. The van der Waals surface area contributed by atoms with Crippen LogP contribution in [-0.4, -0.2) is 23.3 Å². The normalized spacial score (nSPS) is 10.3. The van der Waals surface area contributed by atoms with Gasteiger partial charge in [-0.2, -0.15) is 0 Å². The molecule has 0 unspecified atom stereocenters. The highest BCUT2D eigenvalue weighted by atomic mass is 16.5. The lowest BCUT2D eigenvalue weighted by Gasteiger charge is -2.05. The van der Waals surface area contributed by atoms with Crippen LogP contribution in [0.5, 0.6) is 5.75 Å². The number of aromatic carboxylic acids is 1. The van der Waals surface area contributed by atoms with Crippen molar-refractivity contribution in [2.24, 2.45) is 5.73 Å². The topological polar surface area (TPSA) is 98.6 Å². The van der Waals surface area contributed by atoms with Crippen molar-refractivity contribution in [3.8, 4) is 17.0 Å². The molecular weight excluding hydrogens is 236 g/mol. The Bertz CT molecular complexity index is 577. The Hall–Kier alpha value is -2.34. The van der Waals surface area contributed by atoms with E-state index < -0.39 is 5.97 Å². The number of rotatable bonds is 4. The standard InChI is InChI=1S/C12H12N2O4/c1-17-11-3-2-7(4-9(11)12(15)16)10-5-8(6-13)18-14-10/h2-5H,6,13H2,1H3,(H,15,16). The molecule has 0 aliphatic heterocycles. The Morgan fingerprint density at radius 3 is 2.83 bits per heavy atom. The summed E-state index contributed by atoms with van der Waals surface area (Å²) in [5.41, 5.74) is 6.67. The van der Waals surface area contributed by atoms with Crippen LogP contribution >= 0.6 is 0 Å². The molecule has 0 amide bonds. The van der Waals surface area contributed by atoms with Gasteiger partial charge in [-0.25, -0.2) is 4.79 Å². The van der Waals surface area contributed by atoms with E-state index in [1.807, 2.05) is 0 Å². The van der Waals surface area contributed by atoms with Crippen molar-refractivity contribution < 1.29 is 19.2 Å². The molecule has 6 nitrogen and oxygen atoms in total. The average Bonchev–Trinajstić information content (AvgIpc) is 2.86. The molecule has 1 aromatic heterocycles. The maximum atomic E-state index is 11.1. The van der Waals surface area contributed by atoms with Crippen LogP contribution in [-0.2, 0) is 6.54 Å². The van der Waals surface area contributed by atoms with Crippen LogP contribution in [0.4, 0.5) is 0 Å². The molecule has 6 heteroatoms. The minimum Gasteiger partial charge on any atom is -0.496 e. The summed E-state index contributed by atoms with van der Waals surface area (Å²) >= 11 is 0. The summed E-state index contributed by atoms with van der Waals surface area (Å²) in [7, 11) is 1.42. The van der Waals surface area contributed by atoms with E-state index in [4.69, 9.17) is 20.1 Å². The molecule has 0 atom stereocenters. The number of hydrogen-bond acceptors (Lipinski definition) is 5. The number of nitrogens with zero attached hydrogens (tertiary/aromatic N) is 1. The number of carboxylic acids is 1. The fourth-order valence-electron chi connectivity index (χ4n) is 1.58. The van der Waals surface area contributed by atoms with Crippen LogP contribution in [0.25, 0.3) is 11.3 Å². The Kier molecular flexibility index (Phi) is 3.29. The van der Waals surface area contributed by atoms with Crippen molar-refractivity contribution in [1.82, 2.24) is 5.16 Å². The van der Waals surface area contributed by atoms with Gasteiger partial charge in [-0.05, 0) is 18.2 Å². The third-order valence-corrected chi connectivity index (χ3v) is 2.49. The summed E-state index contributed by atoms with van der Waals surface area (Å²) in [6, 6.07) is 6.45. The molecule has 18 heavy (non-hydrogen) atoms. The van der Waals surface area contributed by atoms with Crippen LogP contribution < -0.4 is 10.5 Å².